The molecule has 0 heterocycles. The largest absolute Gasteiger partial charge is 0.390 e. The molecule has 0 aliphatic heterocycles. The van der Waals surface area contributed by atoms with Gasteiger partial charge in [-0.2, -0.15) is 0 Å². The predicted octanol–water partition coefficient (Wildman–Crippen LogP) is 4.69. The third kappa shape index (κ3) is 12.0. The Morgan fingerprint density at radius 1 is 0.857 bits per heavy atom. The molecule has 0 aromatic carbocycles. The maximum Gasteiger partial charge on any atom is 0.0799 e. The van der Waals surface area contributed by atoms with Crippen molar-refractivity contribution in [3.63, 3.8) is 0 Å². The first-order valence-electron chi connectivity index (χ1n) is 6.23. The predicted molar refractivity (Wildman–Crippen MR) is 62.6 cm³/mol. The summed E-state index contributed by atoms with van der Waals surface area (Å²) in [6.45, 7) is 5.87. The molecule has 1 radical (unpaired) electrons. The van der Waals surface area contributed by atoms with Crippen LogP contribution >= 0.6 is 0 Å². The van der Waals surface area contributed by atoms with Crippen molar-refractivity contribution in [2.24, 2.45) is 5.92 Å². The van der Waals surface area contributed by atoms with Crippen molar-refractivity contribution < 1.29 is 5.11 Å². The Bertz CT molecular complexity index is 99.4. The second kappa shape index (κ2) is 11.0. The fourth-order valence-corrected chi connectivity index (χ4v) is 1.67. The molecule has 0 bridgehead atoms. The molecule has 85 valence electrons. The summed E-state index contributed by atoms with van der Waals surface area (Å²) < 4.78 is 0. The molecule has 0 fully saturated rings. The zero-order valence-corrected chi connectivity index (χ0v) is 9.97. The van der Waals surface area contributed by atoms with Crippen molar-refractivity contribution in [1.82, 2.24) is 0 Å². The maximum atomic E-state index is 8.47. The van der Waals surface area contributed by atoms with Crippen LogP contribution in [0.5, 0.6) is 0 Å². The molecule has 0 aliphatic carbocycles. The van der Waals surface area contributed by atoms with Gasteiger partial charge in [-0.25, -0.2) is 0 Å². The Morgan fingerprint density at radius 3 is 1.86 bits per heavy atom. The van der Waals surface area contributed by atoms with Crippen LogP contribution in [0.1, 0.15) is 71.6 Å². The Kier molecular flexibility index (Phi) is 11.0. The van der Waals surface area contributed by atoms with Crippen molar-refractivity contribution in [2.45, 2.75) is 71.6 Å². The molecular formula is C13H27O. The van der Waals surface area contributed by atoms with Crippen LogP contribution in [-0.2, 0) is 0 Å². The number of aliphatic hydroxyl groups is 1. The van der Waals surface area contributed by atoms with E-state index < -0.39 is 0 Å². The second-order valence-corrected chi connectivity index (χ2v) is 4.63. The van der Waals surface area contributed by atoms with E-state index in [9.17, 15) is 0 Å². The summed E-state index contributed by atoms with van der Waals surface area (Å²) in [5.74, 6) is 0.870. The molecule has 14 heavy (non-hydrogen) atoms. The molecule has 0 atom stereocenters. The van der Waals surface area contributed by atoms with Gasteiger partial charge in [0.15, 0.2) is 0 Å². The van der Waals surface area contributed by atoms with Gasteiger partial charge in [-0.1, -0.05) is 65.2 Å². The average molecular weight is 199 g/mol. The van der Waals surface area contributed by atoms with E-state index in [4.69, 9.17) is 5.11 Å². The quantitative estimate of drug-likeness (QED) is 0.506. The van der Waals surface area contributed by atoms with E-state index in [0.717, 1.165) is 18.8 Å². The molecular weight excluding hydrogens is 172 g/mol. The lowest BCUT2D eigenvalue weighted by molar-refractivity contribution is 0.366. The van der Waals surface area contributed by atoms with Gasteiger partial charge in [0.05, 0.1) is 6.61 Å². The lowest BCUT2D eigenvalue weighted by Crippen LogP contribution is -1.87. The average Bonchev–Trinajstić information content (AvgIpc) is 2.15. The number of aliphatic hydroxyl groups excluding tert-OH is 1. The topological polar surface area (TPSA) is 20.2 Å². The van der Waals surface area contributed by atoms with Gasteiger partial charge < -0.3 is 5.11 Å². The van der Waals surface area contributed by atoms with Gasteiger partial charge in [0.2, 0.25) is 0 Å². The minimum Gasteiger partial charge on any atom is -0.390 e. The molecule has 0 saturated heterocycles. The fourth-order valence-electron chi connectivity index (χ4n) is 1.67. The van der Waals surface area contributed by atoms with Crippen molar-refractivity contribution >= 4 is 0 Å². The molecule has 0 unspecified atom stereocenters. The van der Waals surface area contributed by atoms with Gasteiger partial charge >= 0.3 is 0 Å². The molecule has 1 nitrogen and oxygen atoms in total. The standard InChI is InChI=1S/C13H27O/c1-13(2)11-9-7-5-3-4-6-8-10-12-14/h12-14H,3-11H2,1-2H3. The van der Waals surface area contributed by atoms with Crippen molar-refractivity contribution in [2.75, 3.05) is 0 Å². The summed E-state index contributed by atoms with van der Waals surface area (Å²) in [5.41, 5.74) is 0. The van der Waals surface area contributed by atoms with Crippen LogP contribution in [0.3, 0.4) is 0 Å². The molecule has 0 saturated carbocycles. The van der Waals surface area contributed by atoms with Crippen LogP contribution < -0.4 is 0 Å². The SMILES string of the molecule is CC(C)CCCCCCCCC[CH]O. The highest BCUT2D eigenvalue weighted by Gasteiger charge is 1.94. The summed E-state index contributed by atoms with van der Waals surface area (Å²) in [6.07, 6.45) is 11.6. The van der Waals surface area contributed by atoms with Crippen LogP contribution in [0.4, 0.5) is 0 Å². The number of hydrogen-bond acceptors (Lipinski definition) is 1. The summed E-state index contributed by atoms with van der Waals surface area (Å²) in [5, 5.41) is 8.47. The Hall–Kier alpha value is -0.0400. The van der Waals surface area contributed by atoms with Crippen LogP contribution in [-0.4, -0.2) is 5.11 Å². The van der Waals surface area contributed by atoms with Gasteiger partial charge in [-0.15, -0.1) is 0 Å². The fraction of sp³-hybridized carbons (Fsp3) is 0.923. The van der Waals surface area contributed by atoms with Gasteiger partial charge in [0, 0.05) is 0 Å². The smallest absolute Gasteiger partial charge is 0.0799 e. The highest BCUT2D eigenvalue weighted by atomic mass is 16.2. The van der Waals surface area contributed by atoms with Gasteiger partial charge in [0.25, 0.3) is 0 Å². The lowest BCUT2D eigenvalue weighted by Gasteiger charge is -2.04. The molecule has 0 aromatic rings. The van der Waals surface area contributed by atoms with Crippen molar-refractivity contribution in [1.29, 1.82) is 0 Å². The zero-order chi connectivity index (χ0) is 10.6. The third-order valence-corrected chi connectivity index (χ3v) is 2.61. The summed E-state index contributed by atoms with van der Waals surface area (Å²) in [6, 6.07) is 0. The van der Waals surface area contributed by atoms with E-state index in [1.54, 1.807) is 0 Å². The van der Waals surface area contributed by atoms with E-state index in [1.165, 1.54) is 51.6 Å². The highest BCUT2D eigenvalue weighted by Crippen LogP contribution is 2.12. The minimum atomic E-state index is 0.868. The van der Waals surface area contributed by atoms with Gasteiger partial charge in [-0.05, 0) is 12.3 Å². The molecule has 0 aromatic heterocycles. The van der Waals surface area contributed by atoms with Crippen LogP contribution in [0.25, 0.3) is 0 Å². The van der Waals surface area contributed by atoms with Gasteiger partial charge in [-0.3, -0.25) is 0 Å². The van der Waals surface area contributed by atoms with E-state index in [-0.39, 0.29) is 0 Å². The zero-order valence-electron chi connectivity index (χ0n) is 9.97. The Balaban J connectivity index is 2.85. The second-order valence-electron chi connectivity index (χ2n) is 4.63. The summed E-state index contributed by atoms with van der Waals surface area (Å²) >= 11 is 0. The molecule has 0 spiro atoms. The lowest BCUT2D eigenvalue weighted by atomic mass is 10.0. The highest BCUT2D eigenvalue weighted by molar-refractivity contribution is 4.51. The molecule has 1 heteroatoms. The molecule has 0 aliphatic rings. The number of unbranched alkanes of at least 4 members (excludes halogenated alkanes) is 7. The normalized spacial score (nSPS) is 11.1. The first-order chi connectivity index (χ1) is 6.77. The summed E-state index contributed by atoms with van der Waals surface area (Å²) in [7, 11) is 0. The summed E-state index contributed by atoms with van der Waals surface area (Å²) in [4.78, 5) is 0. The number of hydrogen-bond donors (Lipinski definition) is 1. The molecule has 1 N–H and O–H groups in total. The van der Waals surface area contributed by atoms with Crippen molar-refractivity contribution in [3.05, 3.63) is 6.61 Å². The van der Waals surface area contributed by atoms with E-state index in [0.29, 0.717) is 0 Å². The van der Waals surface area contributed by atoms with Gasteiger partial charge in [0.1, 0.15) is 0 Å². The Morgan fingerprint density at radius 2 is 1.36 bits per heavy atom. The monoisotopic (exact) mass is 199 g/mol. The molecule has 0 amide bonds. The molecule has 0 rings (SSSR count). The maximum absolute atomic E-state index is 8.47. The van der Waals surface area contributed by atoms with E-state index in [2.05, 4.69) is 13.8 Å². The van der Waals surface area contributed by atoms with Crippen LogP contribution in [0.2, 0.25) is 0 Å². The van der Waals surface area contributed by atoms with Crippen LogP contribution in [0.15, 0.2) is 0 Å². The minimum absolute atomic E-state index is 0.868. The van der Waals surface area contributed by atoms with E-state index in [1.807, 2.05) is 0 Å². The van der Waals surface area contributed by atoms with Crippen LogP contribution in [0, 0.1) is 12.5 Å². The number of rotatable bonds is 10. The van der Waals surface area contributed by atoms with E-state index >= 15 is 0 Å². The first-order valence-corrected chi connectivity index (χ1v) is 6.23. The Labute approximate surface area is 89.9 Å². The third-order valence-electron chi connectivity index (χ3n) is 2.61. The van der Waals surface area contributed by atoms with Crippen molar-refractivity contribution in [3.8, 4) is 0 Å². The first kappa shape index (κ1) is 14.0.